The van der Waals surface area contributed by atoms with E-state index in [1.807, 2.05) is 45.0 Å². The first kappa shape index (κ1) is 22.6. The van der Waals surface area contributed by atoms with Gasteiger partial charge in [-0.05, 0) is 48.6 Å². The van der Waals surface area contributed by atoms with Crippen molar-refractivity contribution in [1.82, 2.24) is 25.0 Å². The highest BCUT2D eigenvalue weighted by atomic mass is 19.4. The third-order valence-corrected chi connectivity index (χ3v) is 6.87. The van der Waals surface area contributed by atoms with Crippen LogP contribution in [0.3, 0.4) is 0 Å². The number of carbonyl (C=O) groups excluding carboxylic acids is 1. The number of aromatic amines is 1. The lowest BCUT2D eigenvalue weighted by Gasteiger charge is -2.37. The highest BCUT2D eigenvalue weighted by molar-refractivity contribution is 6.00. The zero-order valence-corrected chi connectivity index (χ0v) is 19.3. The number of anilines is 1. The number of H-pyrrole nitrogens is 1. The Bertz CT molecular complexity index is 1240. The zero-order valence-electron chi connectivity index (χ0n) is 19.3. The quantitative estimate of drug-likeness (QED) is 0.572. The maximum atomic E-state index is 13.1. The molecule has 0 spiro atoms. The van der Waals surface area contributed by atoms with Crippen LogP contribution < -0.4 is 5.32 Å². The number of pyridine rings is 1. The fourth-order valence-electron chi connectivity index (χ4n) is 5.24. The van der Waals surface area contributed by atoms with Gasteiger partial charge in [0.25, 0.3) is 0 Å². The Kier molecular flexibility index (Phi) is 5.50. The number of aromatic nitrogens is 3. The van der Waals surface area contributed by atoms with Gasteiger partial charge in [-0.3, -0.25) is 15.0 Å². The number of fused-ring (bicyclic) bond motifs is 2. The van der Waals surface area contributed by atoms with E-state index in [2.05, 4.69) is 20.5 Å². The standard InChI is InChI=1S/C24H27F3N6O/c1-13(2)18-10-32(12-24(25,26)27)11-21(18)33-9-16-7-17-20(8-19(16)29-23(33)34)30-31-22(17)15-4-5-28-14(3)6-15/h4-8,13,18,21H,9-12H2,1-3H3,(H,29,34)(H,30,31)/t18-,21+/m0/s1. The number of amides is 2. The maximum absolute atomic E-state index is 13.1. The van der Waals surface area contributed by atoms with E-state index in [-0.39, 0.29) is 30.5 Å². The number of urea groups is 1. The summed E-state index contributed by atoms with van der Waals surface area (Å²) in [5.41, 5.74) is 5.03. The molecule has 180 valence electrons. The Morgan fingerprint density at radius 2 is 2.00 bits per heavy atom. The van der Waals surface area contributed by atoms with Crippen LogP contribution in [-0.4, -0.2) is 62.9 Å². The van der Waals surface area contributed by atoms with Gasteiger partial charge in [-0.25, -0.2) is 4.79 Å². The van der Waals surface area contributed by atoms with Crippen molar-refractivity contribution in [2.75, 3.05) is 25.0 Å². The summed E-state index contributed by atoms with van der Waals surface area (Å²) in [5.74, 6) is 0.109. The van der Waals surface area contributed by atoms with Gasteiger partial charge in [-0.15, -0.1) is 0 Å². The number of aryl methyl sites for hydroxylation is 1. The van der Waals surface area contributed by atoms with Crippen molar-refractivity contribution in [1.29, 1.82) is 0 Å². The number of nitrogens with one attached hydrogen (secondary N) is 2. The first-order chi connectivity index (χ1) is 16.1. The summed E-state index contributed by atoms with van der Waals surface area (Å²) in [5, 5.41) is 11.4. The van der Waals surface area contributed by atoms with Gasteiger partial charge >= 0.3 is 12.2 Å². The van der Waals surface area contributed by atoms with E-state index in [1.54, 1.807) is 11.1 Å². The molecule has 2 N–H and O–H groups in total. The number of likely N-dealkylation sites (tertiary alicyclic amines) is 1. The Hall–Kier alpha value is -3.14. The first-order valence-electron chi connectivity index (χ1n) is 11.4. The van der Waals surface area contributed by atoms with Gasteiger partial charge in [0.1, 0.15) is 5.69 Å². The molecule has 1 aromatic carbocycles. The van der Waals surface area contributed by atoms with E-state index in [1.165, 1.54) is 4.90 Å². The molecule has 0 saturated carbocycles. The second kappa shape index (κ2) is 8.26. The number of halogens is 3. The van der Waals surface area contributed by atoms with Crippen molar-refractivity contribution in [3.8, 4) is 11.3 Å². The van der Waals surface area contributed by atoms with Gasteiger partial charge < -0.3 is 10.2 Å². The smallest absolute Gasteiger partial charge is 0.316 e. The van der Waals surface area contributed by atoms with Gasteiger partial charge in [-0.2, -0.15) is 18.3 Å². The summed E-state index contributed by atoms with van der Waals surface area (Å²) in [7, 11) is 0. The van der Waals surface area contributed by atoms with E-state index in [0.29, 0.717) is 18.8 Å². The number of alkyl halides is 3. The van der Waals surface area contributed by atoms with Gasteiger partial charge in [-0.1, -0.05) is 13.8 Å². The van der Waals surface area contributed by atoms with Crippen LogP contribution >= 0.6 is 0 Å². The molecule has 3 aromatic rings. The molecule has 10 heteroatoms. The van der Waals surface area contributed by atoms with Crippen molar-refractivity contribution in [2.24, 2.45) is 11.8 Å². The molecule has 0 aliphatic carbocycles. The number of hydrogen-bond donors (Lipinski definition) is 2. The molecule has 0 unspecified atom stereocenters. The molecule has 2 atom stereocenters. The first-order valence-corrected chi connectivity index (χ1v) is 11.4. The van der Waals surface area contributed by atoms with Gasteiger partial charge in [0.15, 0.2) is 0 Å². The van der Waals surface area contributed by atoms with Crippen LogP contribution in [0, 0.1) is 18.8 Å². The molecule has 5 rings (SSSR count). The van der Waals surface area contributed by atoms with Crippen LogP contribution in [0.5, 0.6) is 0 Å². The lowest BCUT2D eigenvalue weighted by Crippen LogP contribution is -2.49. The van der Waals surface area contributed by atoms with Crippen LogP contribution in [0.1, 0.15) is 25.1 Å². The summed E-state index contributed by atoms with van der Waals surface area (Å²) in [6.45, 7) is 5.84. The molecule has 4 heterocycles. The monoisotopic (exact) mass is 472 g/mol. The Morgan fingerprint density at radius 1 is 1.21 bits per heavy atom. The normalized spacial score (nSPS) is 21.4. The molecule has 1 saturated heterocycles. The van der Waals surface area contributed by atoms with Gasteiger partial charge in [0.05, 0.1) is 18.1 Å². The Morgan fingerprint density at radius 3 is 2.71 bits per heavy atom. The number of benzene rings is 1. The van der Waals surface area contributed by atoms with E-state index in [0.717, 1.165) is 33.4 Å². The fraction of sp³-hybridized carbons (Fsp3) is 0.458. The molecular formula is C24H27F3N6O. The highest BCUT2D eigenvalue weighted by Gasteiger charge is 2.44. The molecule has 1 fully saturated rings. The van der Waals surface area contributed by atoms with E-state index < -0.39 is 12.7 Å². The summed E-state index contributed by atoms with van der Waals surface area (Å²) in [6, 6.07) is 7.17. The average Bonchev–Trinajstić information content (AvgIpc) is 3.34. The molecule has 34 heavy (non-hydrogen) atoms. The Balaban J connectivity index is 1.47. The molecule has 2 amide bonds. The summed E-state index contributed by atoms with van der Waals surface area (Å²) >= 11 is 0. The summed E-state index contributed by atoms with van der Waals surface area (Å²) in [4.78, 5) is 20.4. The van der Waals surface area contributed by atoms with Crippen molar-refractivity contribution in [3.05, 3.63) is 41.7 Å². The molecule has 2 aliphatic heterocycles. The highest BCUT2D eigenvalue weighted by Crippen LogP contribution is 2.37. The molecule has 0 bridgehead atoms. The molecule has 0 radical (unpaired) electrons. The van der Waals surface area contributed by atoms with Crippen LogP contribution in [-0.2, 0) is 6.54 Å². The minimum Gasteiger partial charge on any atom is -0.316 e. The number of nitrogens with zero attached hydrogens (tertiary/aromatic N) is 4. The Labute approximate surface area is 195 Å². The van der Waals surface area contributed by atoms with Crippen molar-refractivity contribution in [2.45, 2.75) is 39.5 Å². The second-order valence-electron chi connectivity index (χ2n) is 9.66. The molecule has 2 aromatic heterocycles. The molecular weight excluding hydrogens is 445 g/mol. The van der Waals surface area contributed by atoms with E-state index in [9.17, 15) is 18.0 Å². The summed E-state index contributed by atoms with van der Waals surface area (Å²) in [6.07, 6.45) is -2.52. The number of hydrogen-bond acceptors (Lipinski definition) is 4. The SMILES string of the molecule is Cc1cc(-c2n[nH]c3cc4c(cc23)CN([C@@H]2CN(CC(F)(F)F)C[C@H]2C(C)C)C(=O)N4)ccn1. The number of carbonyl (C=O) groups is 1. The average molecular weight is 473 g/mol. The van der Waals surface area contributed by atoms with Crippen molar-refractivity contribution in [3.63, 3.8) is 0 Å². The van der Waals surface area contributed by atoms with Crippen molar-refractivity contribution >= 4 is 22.6 Å². The second-order valence-corrected chi connectivity index (χ2v) is 9.66. The maximum Gasteiger partial charge on any atom is 0.401 e. The lowest BCUT2D eigenvalue weighted by molar-refractivity contribution is -0.144. The summed E-state index contributed by atoms with van der Waals surface area (Å²) < 4.78 is 39.2. The predicted molar refractivity (Wildman–Crippen MR) is 123 cm³/mol. The van der Waals surface area contributed by atoms with Crippen LogP contribution in [0.4, 0.5) is 23.7 Å². The van der Waals surface area contributed by atoms with Crippen LogP contribution in [0.25, 0.3) is 22.2 Å². The van der Waals surface area contributed by atoms with E-state index in [4.69, 9.17) is 0 Å². The molecule has 2 aliphatic rings. The largest absolute Gasteiger partial charge is 0.401 e. The lowest BCUT2D eigenvalue weighted by atomic mass is 9.89. The minimum absolute atomic E-state index is 0.0392. The predicted octanol–water partition coefficient (Wildman–Crippen LogP) is 4.80. The zero-order chi connectivity index (χ0) is 24.2. The van der Waals surface area contributed by atoms with E-state index >= 15 is 0 Å². The van der Waals surface area contributed by atoms with Crippen LogP contribution in [0.2, 0.25) is 0 Å². The topological polar surface area (TPSA) is 77.2 Å². The third kappa shape index (κ3) is 4.22. The van der Waals surface area contributed by atoms with Crippen molar-refractivity contribution < 1.29 is 18.0 Å². The number of rotatable bonds is 4. The van der Waals surface area contributed by atoms with Gasteiger partial charge in [0, 0.05) is 48.2 Å². The fourth-order valence-corrected chi connectivity index (χ4v) is 5.24. The van der Waals surface area contributed by atoms with Gasteiger partial charge in [0.2, 0.25) is 0 Å². The molecule has 7 nitrogen and oxygen atoms in total. The van der Waals surface area contributed by atoms with Crippen LogP contribution in [0.15, 0.2) is 30.5 Å². The third-order valence-electron chi connectivity index (χ3n) is 6.87. The minimum atomic E-state index is -4.26.